The van der Waals surface area contributed by atoms with E-state index in [4.69, 9.17) is 26.4 Å². The molecule has 0 saturated heterocycles. The zero-order valence-electron chi connectivity index (χ0n) is 21.6. The third-order valence-electron chi connectivity index (χ3n) is 5.57. The minimum atomic E-state index is -0.579. The van der Waals surface area contributed by atoms with E-state index in [0.29, 0.717) is 28.3 Å². The van der Waals surface area contributed by atoms with Crippen molar-refractivity contribution in [2.45, 2.75) is 32.9 Å². The molecule has 1 aromatic heterocycles. The van der Waals surface area contributed by atoms with Crippen molar-refractivity contribution in [2.75, 3.05) is 5.73 Å². The number of aromatic nitrogens is 1. The lowest BCUT2D eigenvalue weighted by atomic mass is 9.96. The molecular formula is C30H31N5O3. The number of nitrogens with one attached hydrogen (secondary N) is 2. The van der Waals surface area contributed by atoms with Gasteiger partial charge in [0.05, 0.1) is 16.9 Å². The molecule has 0 unspecified atom stereocenters. The molecular weight excluding hydrogens is 478 g/mol. The Morgan fingerprint density at radius 1 is 0.947 bits per heavy atom. The van der Waals surface area contributed by atoms with Gasteiger partial charge in [-0.3, -0.25) is 10.4 Å². The highest BCUT2D eigenvalue weighted by Crippen LogP contribution is 2.35. The van der Waals surface area contributed by atoms with Gasteiger partial charge in [0.1, 0.15) is 22.9 Å². The zero-order valence-corrected chi connectivity index (χ0v) is 21.6. The highest BCUT2D eigenvalue weighted by molar-refractivity contribution is 6.08. The first-order chi connectivity index (χ1) is 18.1. The molecule has 0 aliphatic heterocycles. The summed E-state index contributed by atoms with van der Waals surface area (Å²) in [7, 11) is 0. The Morgan fingerprint density at radius 3 is 2.29 bits per heavy atom. The number of para-hydroxylation sites is 1. The molecule has 4 aromatic rings. The number of ether oxygens (including phenoxy) is 2. The highest BCUT2D eigenvalue weighted by atomic mass is 16.6. The minimum absolute atomic E-state index is 0.159. The molecule has 0 atom stereocenters. The smallest absolute Gasteiger partial charge is 0.407 e. The van der Waals surface area contributed by atoms with Gasteiger partial charge in [0.25, 0.3) is 0 Å². The van der Waals surface area contributed by atoms with Crippen LogP contribution in [0, 0.1) is 5.41 Å². The summed E-state index contributed by atoms with van der Waals surface area (Å²) < 4.78 is 11.2. The number of carbonyl (C=O) groups excluding carboxylic acids is 1. The van der Waals surface area contributed by atoms with Crippen LogP contribution in [0.2, 0.25) is 0 Å². The summed E-state index contributed by atoms with van der Waals surface area (Å²) in [4.78, 5) is 16.7. The van der Waals surface area contributed by atoms with Gasteiger partial charge in [-0.05, 0) is 62.2 Å². The Balaban J connectivity index is 1.59. The number of pyridine rings is 1. The molecule has 0 saturated carbocycles. The van der Waals surface area contributed by atoms with Crippen LogP contribution in [0.25, 0.3) is 22.4 Å². The van der Waals surface area contributed by atoms with Gasteiger partial charge >= 0.3 is 6.09 Å². The number of amides is 1. The maximum Gasteiger partial charge on any atom is 0.407 e. The quantitative estimate of drug-likeness (QED) is 0.176. The minimum Gasteiger partial charge on any atom is -0.457 e. The first-order valence-corrected chi connectivity index (χ1v) is 12.1. The van der Waals surface area contributed by atoms with Crippen molar-refractivity contribution in [1.29, 1.82) is 5.41 Å². The fourth-order valence-electron chi connectivity index (χ4n) is 3.91. The number of hydrogen-bond acceptors (Lipinski definition) is 6. The van der Waals surface area contributed by atoms with E-state index in [9.17, 15) is 4.79 Å². The van der Waals surface area contributed by atoms with E-state index < -0.39 is 11.7 Å². The topological polar surface area (TPSA) is 136 Å². The van der Waals surface area contributed by atoms with Gasteiger partial charge in [0, 0.05) is 23.9 Å². The second-order valence-corrected chi connectivity index (χ2v) is 9.72. The Morgan fingerprint density at radius 2 is 1.63 bits per heavy atom. The SMILES string of the molecule is CC(C)(C)OC(=O)NCc1cccc(-c2ncc(-c3ccc(Oc4ccccc4)cc3)c(C(=N)N)c2N)c1. The Kier molecular flexibility index (Phi) is 7.62. The maximum absolute atomic E-state index is 12.0. The summed E-state index contributed by atoms with van der Waals surface area (Å²) in [5.41, 5.74) is 16.2. The van der Waals surface area contributed by atoms with Gasteiger partial charge in [-0.1, -0.05) is 48.5 Å². The van der Waals surface area contributed by atoms with E-state index in [0.717, 1.165) is 22.4 Å². The molecule has 194 valence electrons. The molecule has 8 nitrogen and oxygen atoms in total. The molecule has 1 amide bonds. The number of nitrogens with two attached hydrogens (primary N) is 2. The second kappa shape index (κ2) is 11.0. The van der Waals surface area contributed by atoms with Crippen LogP contribution in [0.5, 0.6) is 11.5 Å². The van der Waals surface area contributed by atoms with E-state index in [2.05, 4.69) is 10.3 Å². The number of nitrogen functional groups attached to an aromatic ring is 2. The molecule has 0 spiro atoms. The lowest BCUT2D eigenvalue weighted by Gasteiger charge is -2.19. The maximum atomic E-state index is 12.0. The summed E-state index contributed by atoms with van der Waals surface area (Å²) in [6, 6.07) is 24.5. The van der Waals surface area contributed by atoms with Crippen molar-refractivity contribution in [3.63, 3.8) is 0 Å². The molecule has 0 aliphatic carbocycles. The summed E-state index contributed by atoms with van der Waals surface area (Å²) in [5.74, 6) is 1.26. The number of nitrogens with zero attached hydrogens (tertiary/aromatic N) is 1. The summed E-state index contributed by atoms with van der Waals surface area (Å²) in [5, 5.41) is 11.0. The predicted octanol–water partition coefficient (Wildman–Crippen LogP) is 6.10. The zero-order chi connectivity index (χ0) is 27.3. The van der Waals surface area contributed by atoms with E-state index in [1.54, 1.807) is 6.20 Å². The van der Waals surface area contributed by atoms with Gasteiger partial charge in [0.2, 0.25) is 0 Å². The van der Waals surface area contributed by atoms with Crippen molar-refractivity contribution in [1.82, 2.24) is 10.3 Å². The molecule has 4 rings (SSSR count). The van der Waals surface area contributed by atoms with E-state index in [1.165, 1.54) is 0 Å². The number of amidine groups is 1. The summed E-state index contributed by atoms with van der Waals surface area (Å²) in [6.07, 6.45) is 1.17. The van der Waals surface area contributed by atoms with Crippen LogP contribution in [0.1, 0.15) is 31.9 Å². The summed E-state index contributed by atoms with van der Waals surface area (Å²) in [6.45, 7) is 5.71. The molecule has 0 aliphatic rings. The molecule has 0 fully saturated rings. The van der Waals surface area contributed by atoms with Crippen molar-refractivity contribution in [3.8, 4) is 33.9 Å². The van der Waals surface area contributed by atoms with Gasteiger partial charge in [-0.15, -0.1) is 0 Å². The average Bonchev–Trinajstić information content (AvgIpc) is 2.87. The van der Waals surface area contributed by atoms with Gasteiger partial charge in [-0.25, -0.2) is 4.79 Å². The fraction of sp³-hybridized carbons (Fsp3) is 0.167. The van der Waals surface area contributed by atoms with Crippen LogP contribution >= 0.6 is 0 Å². The molecule has 6 N–H and O–H groups in total. The molecule has 0 bridgehead atoms. The van der Waals surface area contributed by atoms with Crippen molar-refractivity contribution in [3.05, 3.63) is 96.2 Å². The van der Waals surface area contributed by atoms with Crippen LogP contribution in [0.15, 0.2) is 85.1 Å². The number of alkyl carbamates (subject to hydrolysis) is 1. The molecule has 0 radical (unpaired) electrons. The number of hydrogen-bond donors (Lipinski definition) is 4. The Hall–Kier alpha value is -4.85. The molecule has 8 heteroatoms. The van der Waals surface area contributed by atoms with Crippen LogP contribution in [0.4, 0.5) is 10.5 Å². The van der Waals surface area contributed by atoms with Crippen LogP contribution in [-0.2, 0) is 11.3 Å². The molecule has 1 heterocycles. The highest BCUT2D eigenvalue weighted by Gasteiger charge is 2.19. The van der Waals surface area contributed by atoms with Gasteiger partial charge < -0.3 is 26.3 Å². The third kappa shape index (κ3) is 6.47. The number of rotatable bonds is 7. The first kappa shape index (κ1) is 26.2. The number of benzene rings is 3. The van der Waals surface area contributed by atoms with E-state index >= 15 is 0 Å². The standard InChI is InChI=1S/C30H31N5O3/c1-30(2,3)38-29(36)35-17-19-8-7-9-21(16-19)27-26(31)25(28(32)33)24(18-34-27)20-12-14-23(15-13-20)37-22-10-5-4-6-11-22/h4-16,18H,17,31H2,1-3H3,(H3,32,33)(H,35,36). The number of anilines is 1. The lowest BCUT2D eigenvalue weighted by molar-refractivity contribution is 0.0523. The monoisotopic (exact) mass is 509 g/mol. The van der Waals surface area contributed by atoms with Crippen LogP contribution in [0.3, 0.4) is 0 Å². The second-order valence-electron chi connectivity index (χ2n) is 9.72. The molecule has 38 heavy (non-hydrogen) atoms. The van der Waals surface area contributed by atoms with Crippen LogP contribution < -0.4 is 21.5 Å². The largest absolute Gasteiger partial charge is 0.457 e. The third-order valence-corrected chi connectivity index (χ3v) is 5.57. The van der Waals surface area contributed by atoms with E-state index in [1.807, 2.05) is 99.6 Å². The average molecular weight is 510 g/mol. The Bertz CT molecular complexity index is 1450. The van der Waals surface area contributed by atoms with Crippen molar-refractivity contribution < 1.29 is 14.3 Å². The van der Waals surface area contributed by atoms with Gasteiger partial charge in [-0.2, -0.15) is 0 Å². The van der Waals surface area contributed by atoms with Crippen LogP contribution in [-0.4, -0.2) is 22.5 Å². The van der Waals surface area contributed by atoms with Gasteiger partial charge in [0.15, 0.2) is 0 Å². The predicted molar refractivity (Wildman–Crippen MR) is 150 cm³/mol. The Labute approximate surface area is 222 Å². The number of carbonyl (C=O) groups is 1. The summed E-state index contributed by atoms with van der Waals surface area (Å²) >= 11 is 0. The first-order valence-electron chi connectivity index (χ1n) is 12.1. The van der Waals surface area contributed by atoms with E-state index in [-0.39, 0.29) is 12.4 Å². The lowest BCUT2D eigenvalue weighted by Crippen LogP contribution is -2.32. The molecule has 3 aromatic carbocycles. The van der Waals surface area contributed by atoms with Crippen molar-refractivity contribution >= 4 is 17.6 Å². The fourth-order valence-corrected chi connectivity index (χ4v) is 3.91. The van der Waals surface area contributed by atoms with Crippen molar-refractivity contribution in [2.24, 2.45) is 5.73 Å². The normalized spacial score (nSPS) is 11.0.